The molecule has 5 rings (SSSR count). The molecule has 5 aromatic rings. The molecule has 0 aromatic heterocycles. The molecule has 12 heteroatoms. The number of aromatic carboxylic acids is 1. The Bertz CT molecular complexity index is 2400. The molecule has 2 amide bonds. The largest absolute Gasteiger partial charge is 0.504 e. The second kappa shape index (κ2) is 18.3. The topological polar surface area (TPSA) is 214 Å². The number of carboxylic acids is 1. The molecule has 57 heavy (non-hydrogen) atoms. The Hall–Kier alpha value is -7.39. The fourth-order valence-corrected chi connectivity index (χ4v) is 6.09. The molecule has 288 valence electrons. The first-order chi connectivity index (χ1) is 27.2. The molecule has 0 heterocycles. The van der Waals surface area contributed by atoms with E-state index in [1.165, 1.54) is 42.5 Å². The monoisotopic (exact) mass is 765 g/mol. The zero-order chi connectivity index (χ0) is 41.2. The summed E-state index contributed by atoms with van der Waals surface area (Å²) in [5.41, 5.74) is 9.31. The Morgan fingerprint density at radius 3 is 1.96 bits per heavy atom. The van der Waals surface area contributed by atoms with Crippen LogP contribution in [0, 0.1) is 11.3 Å². The van der Waals surface area contributed by atoms with Gasteiger partial charge in [0, 0.05) is 36.0 Å². The van der Waals surface area contributed by atoms with Crippen molar-refractivity contribution in [3.05, 3.63) is 154 Å². The number of ether oxygens (including phenoxy) is 1. The van der Waals surface area contributed by atoms with E-state index in [9.17, 15) is 39.1 Å². The number of ketones is 3. The summed E-state index contributed by atoms with van der Waals surface area (Å²) < 4.78 is 5.87. The van der Waals surface area contributed by atoms with Crippen LogP contribution in [-0.2, 0) is 28.9 Å². The van der Waals surface area contributed by atoms with Crippen LogP contribution in [0.15, 0.2) is 109 Å². The predicted molar refractivity (Wildman–Crippen MR) is 210 cm³/mol. The number of amides is 2. The molecule has 0 spiro atoms. The number of phenols is 1. The predicted octanol–water partition coefficient (Wildman–Crippen LogP) is 6.05. The number of benzene rings is 5. The van der Waals surface area contributed by atoms with Crippen molar-refractivity contribution in [2.24, 2.45) is 5.73 Å². The maximum atomic E-state index is 13.4. The lowest BCUT2D eigenvalue weighted by Crippen LogP contribution is -2.44. The number of primary amides is 1. The number of nitriles is 1. The molecule has 0 bridgehead atoms. The molecule has 0 radical (unpaired) electrons. The standard InChI is InChI=1S/C45H39N3O9/c1-26(2)57-43-34(17-18-36(42(43)53)39(50)20-27-11-15-31(16-12-27)45(55)56)23-38(49)30-13-9-28(10-14-30)21-40(51)37(24-41(47)52)48-44(54)35-8-4-7-33(22-35)32-6-3-5-29(19-32)25-46/h3-19,22,26,37,53H,20-21,23-24H2,1-2H3,(H2,47,52)(H,48,54)(H,55,56)/t37-/m0/s1. The Morgan fingerprint density at radius 2 is 1.35 bits per heavy atom. The molecule has 0 fully saturated rings. The van der Waals surface area contributed by atoms with Crippen molar-refractivity contribution in [2.75, 3.05) is 0 Å². The average molecular weight is 766 g/mol. The number of nitrogens with zero attached hydrogens (tertiary/aromatic N) is 1. The normalized spacial score (nSPS) is 11.3. The summed E-state index contributed by atoms with van der Waals surface area (Å²) in [6.45, 7) is 3.47. The molecular weight excluding hydrogens is 727 g/mol. The van der Waals surface area contributed by atoms with Gasteiger partial charge in [-0.25, -0.2) is 4.79 Å². The van der Waals surface area contributed by atoms with E-state index >= 15 is 0 Å². The van der Waals surface area contributed by atoms with E-state index < -0.39 is 53.7 Å². The van der Waals surface area contributed by atoms with Gasteiger partial charge in [0.25, 0.3) is 5.91 Å². The quantitative estimate of drug-likeness (QED) is 0.0804. The summed E-state index contributed by atoms with van der Waals surface area (Å²) in [4.78, 5) is 76.4. The molecule has 12 nitrogen and oxygen atoms in total. The van der Waals surface area contributed by atoms with Crippen molar-refractivity contribution in [1.82, 2.24) is 5.32 Å². The van der Waals surface area contributed by atoms with E-state index in [1.807, 2.05) is 0 Å². The number of carbonyl (C=O) groups is 6. The maximum absolute atomic E-state index is 13.4. The van der Waals surface area contributed by atoms with Gasteiger partial charge in [-0.3, -0.25) is 24.0 Å². The van der Waals surface area contributed by atoms with Gasteiger partial charge in [-0.05, 0) is 78.6 Å². The number of Topliss-reactive ketones (excluding diaryl/α,β-unsaturated/α-hetero) is 3. The first-order valence-electron chi connectivity index (χ1n) is 17.9. The van der Waals surface area contributed by atoms with Gasteiger partial charge in [-0.2, -0.15) is 5.26 Å². The highest BCUT2D eigenvalue weighted by Crippen LogP contribution is 2.36. The summed E-state index contributed by atoms with van der Waals surface area (Å²) in [5.74, 6) is -4.13. The number of carbonyl (C=O) groups excluding carboxylic acids is 5. The van der Waals surface area contributed by atoms with E-state index in [0.29, 0.717) is 33.4 Å². The van der Waals surface area contributed by atoms with E-state index in [1.54, 1.807) is 80.6 Å². The van der Waals surface area contributed by atoms with Gasteiger partial charge in [-0.1, -0.05) is 66.7 Å². The first-order valence-corrected chi connectivity index (χ1v) is 17.9. The lowest BCUT2D eigenvalue weighted by Gasteiger charge is -2.18. The maximum Gasteiger partial charge on any atom is 0.335 e. The smallest absolute Gasteiger partial charge is 0.335 e. The van der Waals surface area contributed by atoms with Gasteiger partial charge < -0.3 is 26.0 Å². The Labute approximate surface area is 328 Å². The number of phenolic OH excluding ortho intramolecular Hbond substituents is 1. The molecule has 0 aliphatic heterocycles. The lowest BCUT2D eigenvalue weighted by molar-refractivity contribution is -0.125. The van der Waals surface area contributed by atoms with Crippen molar-refractivity contribution in [3.63, 3.8) is 0 Å². The highest BCUT2D eigenvalue weighted by atomic mass is 16.5. The molecule has 0 unspecified atom stereocenters. The van der Waals surface area contributed by atoms with Crippen molar-refractivity contribution >= 4 is 35.1 Å². The van der Waals surface area contributed by atoms with Crippen LogP contribution in [0.5, 0.6) is 11.5 Å². The van der Waals surface area contributed by atoms with Crippen LogP contribution in [0.1, 0.15) is 84.0 Å². The second-order valence-electron chi connectivity index (χ2n) is 13.6. The first kappa shape index (κ1) is 40.8. The minimum absolute atomic E-state index is 0.00453. The molecule has 1 atom stereocenters. The number of hydrogen-bond acceptors (Lipinski definition) is 9. The van der Waals surface area contributed by atoms with Crippen molar-refractivity contribution in [1.29, 1.82) is 5.26 Å². The van der Waals surface area contributed by atoms with E-state index in [-0.39, 0.29) is 47.5 Å². The van der Waals surface area contributed by atoms with Crippen molar-refractivity contribution in [3.8, 4) is 28.7 Å². The average Bonchev–Trinajstić information content (AvgIpc) is 3.19. The van der Waals surface area contributed by atoms with E-state index in [2.05, 4.69) is 11.4 Å². The molecular formula is C45H39N3O9. The fourth-order valence-electron chi connectivity index (χ4n) is 6.09. The number of nitrogens with one attached hydrogen (secondary N) is 1. The molecule has 5 N–H and O–H groups in total. The van der Waals surface area contributed by atoms with Crippen LogP contribution in [0.25, 0.3) is 11.1 Å². The number of rotatable bonds is 17. The highest BCUT2D eigenvalue weighted by Gasteiger charge is 2.25. The molecule has 0 saturated carbocycles. The summed E-state index contributed by atoms with van der Waals surface area (Å²) in [7, 11) is 0. The van der Waals surface area contributed by atoms with Gasteiger partial charge in [0.2, 0.25) is 5.91 Å². The van der Waals surface area contributed by atoms with Gasteiger partial charge in [-0.15, -0.1) is 0 Å². The number of aromatic hydroxyl groups is 1. The number of nitrogens with two attached hydrogens (primary N) is 1. The second-order valence-corrected chi connectivity index (χ2v) is 13.6. The number of hydrogen-bond donors (Lipinski definition) is 4. The zero-order valence-corrected chi connectivity index (χ0v) is 31.2. The van der Waals surface area contributed by atoms with Gasteiger partial charge in [0.1, 0.15) is 0 Å². The van der Waals surface area contributed by atoms with E-state index in [4.69, 9.17) is 15.6 Å². The SMILES string of the molecule is CC(C)Oc1c(CC(=O)c2ccc(CC(=O)[C@H](CC(N)=O)NC(=O)c3cccc(-c4cccc(C#N)c4)c3)cc2)ccc(C(=O)Cc2ccc(C(=O)O)cc2)c1O. The zero-order valence-electron chi connectivity index (χ0n) is 31.2. The molecule has 0 saturated heterocycles. The fraction of sp³-hybridized carbons (Fsp3) is 0.178. The third-order valence-corrected chi connectivity index (χ3v) is 8.99. The van der Waals surface area contributed by atoms with Gasteiger partial charge >= 0.3 is 5.97 Å². The van der Waals surface area contributed by atoms with Gasteiger partial charge in [0.15, 0.2) is 28.8 Å². The van der Waals surface area contributed by atoms with E-state index in [0.717, 1.165) is 5.56 Å². The third kappa shape index (κ3) is 10.6. The highest BCUT2D eigenvalue weighted by molar-refractivity contribution is 6.03. The van der Waals surface area contributed by atoms with Gasteiger partial charge in [0.05, 0.1) is 41.3 Å². The Balaban J connectivity index is 1.26. The summed E-state index contributed by atoms with van der Waals surface area (Å²) in [6, 6.07) is 29.4. The molecule has 0 aliphatic carbocycles. The van der Waals surface area contributed by atoms with Crippen LogP contribution in [0.3, 0.4) is 0 Å². The van der Waals surface area contributed by atoms with Crippen LogP contribution in [0.2, 0.25) is 0 Å². The molecule has 0 aliphatic rings. The Kier molecular flexibility index (Phi) is 13.1. The summed E-state index contributed by atoms with van der Waals surface area (Å²) in [6.07, 6.45) is -1.30. The third-order valence-electron chi connectivity index (χ3n) is 8.99. The van der Waals surface area contributed by atoms with Crippen LogP contribution in [-0.4, -0.2) is 57.5 Å². The lowest BCUT2D eigenvalue weighted by atomic mass is 9.95. The summed E-state index contributed by atoms with van der Waals surface area (Å²) >= 11 is 0. The van der Waals surface area contributed by atoms with Crippen LogP contribution in [0.4, 0.5) is 0 Å². The minimum atomic E-state index is -1.22. The van der Waals surface area contributed by atoms with Crippen molar-refractivity contribution < 1.29 is 43.7 Å². The number of carboxylic acid groups (broad SMARTS) is 1. The van der Waals surface area contributed by atoms with Crippen LogP contribution < -0.4 is 15.8 Å². The summed E-state index contributed by atoms with van der Waals surface area (Å²) in [5, 5.41) is 32.2. The minimum Gasteiger partial charge on any atom is -0.504 e. The van der Waals surface area contributed by atoms with Crippen LogP contribution >= 0.6 is 0 Å². The Morgan fingerprint density at radius 1 is 0.737 bits per heavy atom. The van der Waals surface area contributed by atoms with Crippen molar-refractivity contribution in [2.45, 2.75) is 51.7 Å². The molecule has 5 aromatic carbocycles.